The van der Waals surface area contributed by atoms with Crippen LogP contribution in [0.3, 0.4) is 0 Å². The van der Waals surface area contributed by atoms with Gasteiger partial charge in [0.05, 0.1) is 0 Å². The SMILES string of the molecule is CS(=O)(=O)c1ccccc1[P+](=O)O. The summed E-state index contributed by atoms with van der Waals surface area (Å²) in [7, 11) is -6.03. The van der Waals surface area contributed by atoms with Gasteiger partial charge < -0.3 is 0 Å². The molecule has 0 fully saturated rings. The second-order valence-corrected chi connectivity index (χ2v) is 5.52. The third kappa shape index (κ3) is 2.34. The Morgan fingerprint density at radius 1 is 1.31 bits per heavy atom. The molecule has 0 amide bonds. The molecule has 0 aliphatic heterocycles. The van der Waals surface area contributed by atoms with Crippen molar-refractivity contribution in [1.29, 1.82) is 0 Å². The Balaban J connectivity index is 3.46. The molecule has 0 aliphatic rings. The lowest BCUT2D eigenvalue weighted by Gasteiger charge is -1.95. The zero-order valence-electron chi connectivity index (χ0n) is 6.84. The fourth-order valence-electron chi connectivity index (χ4n) is 0.929. The lowest BCUT2D eigenvalue weighted by Crippen LogP contribution is -2.10. The summed E-state index contributed by atoms with van der Waals surface area (Å²) in [4.78, 5) is 8.73. The standard InChI is InChI=1S/C7H7O4PS/c1-13(10,11)7-5-3-2-4-6(7)12(8)9/h2-5H,1H3/p+1. The predicted octanol–water partition coefficient (Wildman–Crippen LogP) is 0.450. The van der Waals surface area contributed by atoms with Crippen molar-refractivity contribution in [2.24, 2.45) is 0 Å². The van der Waals surface area contributed by atoms with Crippen molar-refractivity contribution >= 4 is 23.2 Å². The van der Waals surface area contributed by atoms with Crippen LogP contribution in [0.4, 0.5) is 0 Å². The molecular formula is C7H8O4PS+. The topological polar surface area (TPSA) is 71.4 Å². The first kappa shape index (κ1) is 10.3. The van der Waals surface area contributed by atoms with E-state index in [2.05, 4.69) is 0 Å². The quantitative estimate of drug-likeness (QED) is 0.733. The van der Waals surface area contributed by atoms with Gasteiger partial charge >= 0.3 is 8.03 Å². The average molecular weight is 219 g/mol. The van der Waals surface area contributed by atoms with Gasteiger partial charge in [0.15, 0.2) is 9.84 Å². The maximum absolute atomic E-state index is 11.1. The van der Waals surface area contributed by atoms with Gasteiger partial charge in [-0.3, -0.25) is 0 Å². The number of hydrogen-bond donors (Lipinski definition) is 1. The van der Waals surface area contributed by atoms with Crippen LogP contribution in [0.1, 0.15) is 0 Å². The first-order valence-corrected chi connectivity index (χ1v) is 6.48. The molecule has 4 nitrogen and oxygen atoms in total. The van der Waals surface area contributed by atoms with E-state index in [1.807, 2.05) is 0 Å². The monoisotopic (exact) mass is 219 g/mol. The van der Waals surface area contributed by atoms with Gasteiger partial charge in [-0.15, -0.1) is 0 Å². The third-order valence-corrected chi connectivity index (χ3v) is 3.58. The van der Waals surface area contributed by atoms with Crippen LogP contribution >= 0.6 is 8.03 Å². The van der Waals surface area contributed by atoms with E-state index >= 15 is 0 Å². The third-order valence-electron chi connectivity index (χ3n) is 1.47. The predicted molar refractivity (Wildman–Crippen MR) is 49.0 cm³/mol. The zero-order valence-corrected chi connectivity index (χ0v) is 8.55. The van der Waals surface area contributed by atoms with Crippen molar-refractivity contribution in [2.45, 2.75) is 4.90 Å². The molecule has 0 saturated carbocycles. The summed E-state index contributed by atoms with van der Waals surface area (Å²) < 4.78 is 33.0. The zero-order chi connectivity index (χ0) is 10.1. The highest BCUT2D eigenvalue weighted by atomic mass is 32.2. The van der Waals surface area contributed by atoms with Crippen LogP contribution in [-0.2, 0) is 14.4 Å². The molecule has 0 spiro atoms. The first-order chi connectivity index (χ1) is 5.93. The molecule has 1 unspecified atom stereocenters. The highest BCUT2D eigenvalue weighted by molar-refractivity contribution is 7.91. The fraction of sp³-hybridized carbons (Fsp3) is 0.143. The van der Waals surface area contributed by atoms with Crippen molar-refractivity contribution in [1.82, 2.24) is 0 Å². The van der Waals surface area contributed by atoms with E-state index in [-0.39, 0.29) is 10.2 Å². The Hall–Kier alpha value is -0.770. The Labute approximate surface area is 77.0 Å². The summed E-state index contributed by atoms with van der Waals surface area (Å²) in [5, 5.41) is -0.0417. The van der Waals surface area contributed by atoms with Gasteiger partial charge in [-0.2, -0.15) is 4.89 Å². The molecule has 0 radical (unpaired) electrons. The van der Waals surface area contributed by atoms with Crippen LogP contribution in [0.5, 0.6) is 0 Å². The molecule has 1 N–H and O–H groups in total. The average Bonchev–Trinajstić information content (AvgIpc) is 2.03. The fourth-order valence-corrected chi connectivity index (χ4v) is 2.91. The van der Waals surface area contributed by atoms with Crippen LogP contribution in [0.25, 0.3) is 0 Å². The number of sulfone groups is 1. The van der Waals surface area contributed by atoms with Crippen molar-refractivity contribution in [2.75, 3.05) is 6.26 Å². The maximum Gasteiger partial charge on any atom is 0.547 e. The molecule has 6 heteroatoms. The molecule has 70 valence electrons. The molecule has 0 saturated heterocycles. The summed E-state index contributed by atoms with van der Waals surface area (Å²) >= 11 is 0. The van der Waals surface area contributed by atoms with Gasteiger partial charge in [0.25, 0.3) is 0 Å². The maximum atomic E-state index is 11.1. The minimum Gasteiger partial charge on any atom is -0.224 e. The summed E-state index contributed by atoms with van der Waals surface area (Å²) in [5.41, 5.74) is 0. The Bertz CT molecular complexity index is 438. The molecular weight excluding hydrogens is 211 g/mol. The van der Waals surface area contributed by atoms with Crippen LogP contribution in [-0.4, -0.2) is 19.6 Å². The lowest BCUT2D eigenvalue weighted by atomic mass is 10.4. The minimum absolute atomic E-state index is 0.0417. The molecule has 0 bridgehead atoms. The first-order valence-electron chi connectivity index (χ1n) is 3.38. The van der Waals surface area contributed by atoms with Crippen molar-refractivity contribution in [3.05, 3.63) is 24.3 Å². The van der Waals surface area contributed by atoms with E-state index < -0.39 is 17.9 Å². The van der Waals surface area contributed by atoms with E-state index in [0.29, 0.717) is 0 Å². The summed E-state index contributed by atoms with van der Waals surface area (Å²) in [5.74, 6) is 0. The van der Waals surface area contributed by atoms with E-state index in [4.69, 9.17) is 4.89 Å². The number of hydrogen-bond acceptors (Lipinski definition) is 3. The highest BCUT2D eigenvalue weighted by Crippen LogP contribution is 2.19. The van der Waals surface area contributed by atoms with Gasteiger partial charge in [-0.05, 0) is 16.7 Å². The van der Waals surface area contributed by atoms with Gasteiger partial charge in [0.1, 0.15) is 4.90 Å². The summed E-state index contributed by atoms with van der Waals surface area (Å²) in [6, 6.07) is 5.68. The minimum atomic E-state index is -3.42. The van der Waals surface area contributed by atoms with E-state index in [9.17, 15) is 13.0 Å². The molecule has 1 atom stereocenters. The molecule has 1 rings (SSSR count). The van der Waals surface area contributed by atoms with Crippen molar-refractivity contribution < 1.29 is 17.9 Å². The summed E-state index contributed by atoms with van der Waals surface area (Å²) in [6.07, 6.45) is 1.00. The van der Waals surface area contributed by atoms with Crippen LogP contribution < -0.4 is 5.30 Å². The number of benzene rings is 1. The second kappa shape index (κ2) is 3.54. The molecule has 0 aromatic heterocycles. The smallest absolute Gasteiger partial charge is 0.224 e. The van der Waals surface area contributed by atoms with Gasteiger partial charge in [0, 0.05) is 6.26 Å². The number of rotatable bonds is 2. The second-order valence-electron chi connectivity index (χ2n) is 2.51. The van der Waals surface area contributed by atoms with E-state index in [0.717, 1.165) is 6.26 Å². The Morgan fingerprint density at radius 3 is 2.23 bits per heavy atom. The van der Waals surface area contributed by atoms with Gasteiger partial charge in [0.2, 0.25) is 5.30 Å². The van der Waals surface area contributed by atoms with E-state index in [1.54, 1.807) is 0 Å². The molecule has 13 heavy (non-hydrogen) atoms. The largest absolute Gasteiger partial charge is 0.547 e. The van der Waals surface area contributed by atoms with Gasteiger partial charge in [-0.1, -0.05) is 12.1 Å². The molecule has 0 heterocycles. The molecule has 1 aromatic carbocycles. The van der Waals surface area contributed by atoms with Crippen LogP contribution in [0, 0.1) is 0 Å². The van der Waals surface area contributed by atoms with Crippen LogP contribution in [0.2, 0.25) is 0 Å². The lowest BCUT2D eigenvalue weighted by molar-refractivity contribution is 0.512. The molecule has 1 aromatic rings. The van der Waals surface area contributed by atoms with Crippen LogP contribution in [0.15, 0.2) is 29.2 Å². The van der Waals surface area contributed by atoms with Crippen molar-refractivity contribution in [3.8, 4) is 0 Å². The normalized spacial score (nSPS) is 12.6. The van der Waals surface area contributed by atoms with E-state index in [1.165, 1.54) is 24.3 Å². The highest BCUT2D eigenvalue weighted by Gasteiger charge is 2.26. The Morgan fingerprint density at radius 2 is 1.85 bits per heavy atom. The molecule has 0 aliphatic carbocycles. The Kier molecular flexibility index (Phi) is 2.81. The summed E-state index contributed by atoms with van der Waals surface area (Å²) in [6.45, 7) is 0. The van der Waals surface area contributed by atoms with Gasteiger partial charge in [-0.25, -0.2) is 8.42 Å². The van der Waals surface area contributed by atoms with Crippen molar-refractivity contribution in [3.63, 3.8) is 0 Å².